The second-order valence-corrected chi connectivity index (χ2v) is 7.78. The Morgan fingerprint density at radius 2 is 1.93 bits per heavy atom. The van der Waals surface area contributed by atoms with Gasteiger partial charge in [0.2, 0.25) is 5.91 Å². The van der Waals surface area contributed by atoms with Gasteiger partial charge in [0.1, 0.15) is 5.75 Å². The molecular formula is C19H18Cl2N4O2S. The van der Waals surface area contributed by atoms with E-state index in [1.54, 1.807) is 36.4 Å². The maximum atomic E-state index is 12.1. The zero-order valence-corrected chi connectivity index (χ0v) is 17.6. The van der Waals surface area contributed by atoms with E-state index in [2.05, 4.69) is 15.5 Å². The monoisotopic (exact) mass is 436 g/mol. The number of thioether (sulfide) groups is 1. The molecule has 0 aliphatic heterocycles. The molecule has 0 aliphatic rings. The number of carbonyl (C=O) groups excluding carboxylic acids is 1. The highest BCUT2D eigenvalue weighted by Gasteiger charge is 2.18. The van der Waals surface area contributed by atoms with Crippen LogP contribution in [0.4, 0.5) is 5.69 Å². The van der Waals surface area contributed by atoms with E-state index < -0.39 is 0 Å². The number of amides is 1. The van der Waals surface area contributed by atoms with Crippen molar-refractivity contribution in [3.05, 3.63) is 64.4 Å². The van der Waals surface area contributed by atoms with E-state index in [0.717, 1.165) is 0 Å². The van der Waals surface area contributed by atoms with Gasteiger partial charge in [0.05, 0.1) is 5.75 Å². The molecule has 1 unspecified atom stereocenters. The van der Waals surface area contributed by atoms with Crippen LogP contribution in [0.15, 0.2) is 53.7 Å². The summed E-state index contributed by atoms with van der Waals surface area (Å²) < 4.78 is 7.70. The molecule has 1 aromatic heterocycles. The minimum Gasteiger partial charge on any atom is -0.483 e. The van der Waals surface area contributed by atoms with Gasteiger partial charge in [-0.1, -0.05) is 41.0 Å². The number of anilines is 1. The lowest BCUT2D eigenvalue weighted by atomic mass is 10.3. The summed E-state index contributed by atoms with van der Waals surface area (Å²) in [5, 5.41) is 13.0. The molecule has 6 nitrogen and oxygen atoms in total. The Balaban J connectivity index is 1.57. The van der Waals surface area contributed by atoms with Gasteiger partial charge in [0.15, 0.2) is 17.1 Å². The van der Waals surface area contributed by atoms with Crippen molar-refractivity contribution in [3.8, 4) is 5.75 Å². The molecule has 0 radical (unpaired) electrons. The Morgan fingerprint density at radius 1 is 1.18 bits per heavy atom. The topological polar surface area (TPSA) is 69.0 Å². The third-order valence-corrected chi connectivity index (χ3v) is 5.31. The molecule has 1 amide bonds. The van der Waals surface area contributed by atoms with E-state index in [9.17, 15) is 4.79 Å². The van der Waals surface area contributed by atoms with Gasteiger partial charge in [0.25, 0.3) is 0 Å². The van der Waals surface area contributed by atoms with Crippen LogP contribution in [0.3, 0.4) is 0 Å². The Labute approximate surface area is 177 Å². The van der Waals surface area contributed by atoms with E-state index in [1.807, 2.05) is 30.7 Å². The third-order valence-electron chi connectivity index (χ3n) is 3.80. The molecule has 0 saturated carbocycles. The lowest BCUT2D eigenvalue weighted by Gasteiger charge is -2.14. The molecule has 3 rings (SSSR count). The lowest BCUT2D eigenvalue weighted by Crippen LogP contribution is -2.14. The van der Waals surface area contributed by atoms with Crippen molar-refractivity contribution in [2.24, 2.45) is 7.05 Å². The zero-order valence-electron chi connectivity index (χ0n) is 15.2. The van der Waals surface area contributed by atoms with Crippen molar-refractivity contribution in [1.82, 2.24) is 14.8 Å². The van der Waals surface area contributed by atoms with E-state index in [1.165, 1.54) is 11.8 Å². The summed E-state index contributed by atoms with van der Waals surface area (Å²) in [6, 6.07) is 14.1. The number of ether oxygens (including phenoxy) is 1. The van der Waals surface area contributed by atoms with Crippen molar-refractivity contribution in [2.45, 2.75) is 18.2 Å². The highest BCUT2D eigenvalue weighted by Crippen LogP contribution is 2.25. The molecule has 0 bridgehead atoms. The van der Waals surface area contributed by atoms with E-state index >= 15 is 0 Å². The molecular weight excluding hydrogens is 419 g/mol. The first kappa shape index (κ1) is 20.5. The van der Waals surface area contributed by atoms with Crippen LogP contribution in [-0.4, -0.2) is 26.4 Å². The fourth-order valence-corrected chi connectivity index (χ4v) is 3.49. The van der Waals surface area contributed by atoms with Crippen LogP contribution < -0.4 is 10.1 Å². The molecule has 0 aliphatic carbocycles. The smallest absolute Gasteiger partial charge is 0.234 e. The largest absolute Gasteiger partial charge is 0.483 e. The van der Waals surface area contributed by atoms with Gasteiger partial charge in [-0.3, -0.25) is 4.79 Å². The van der Waals surface area contributed by atoms with Gasteiger partial charge < -0.3 is 14.6 Å². The maximum absolute atomic E-state index is 12.1. The Kier molecular flexibility index (Phi) is 6.83. The SMILES string of the molecule is CC(Oc1cccc(Cl)c1)c1nnc(SCC(=O)Nc2ccc(Cl)cc2)n1C. The number of hydrogen-bond acceptors (Lipinski definition) is 5. The fourth-order valence-electron chi connectivity index (χ4n) is 2.46. The van der Waals surface area contributed by atoms with Crippen LogP contribution >= 0.6 is 35.0 Å². The van der Waals surface area contributed by atoms with Crippen molar-refractivity contribution in [3.63, 3.8) is 0 Å². The summed E-state index contributed by atoms with van der Waals surface area (Å²) in [5.74, 6) is 1.37. The molecule has 146 valence electrons. The minimum atomic E-state index is -0.326. The molecule has 9 heteroatoms. The van der Waals surface area contributed by atoms with Gasteiger partial charge in [-0.15, -0.1) is 10.2 Å². The molecule has 1 atom stereocenters. The standard InChI is InChI=1S/C19H18Cl2N4O2S/c1-12(27-16-5-3-4-14(21)10-16)18-23-24-19(25(18)2)28-11-17(26)22-15-8-6-13(20)7-9-15/h3-10,12H,11H2,1-2H3,(H,22,26). The number of carbonyl (C=O) groups is 1. The molecule has 0 spiro atoms. The molecule has 2 aromatic carbocycles. The summed E-state index contributed by atoms with van der Waals surface area (Å²) in [7, 11) is 1.84. The number of halogens is 2. The predicted octanol–water partition coefficient (Wildman–Crippen LogP) is 4.99. The van der Waals surface area contributed by atoms with Crippen LogP contribution in [0.5, 0.6) is 5.75 Å². The first-order valence-electron chi connectivity index (χ1n) is 8.42. The van der Waals surface area contributed by atoms with Crippen molar-refractivity contribution < 1.29 is 9.53 Å². The number of rotatable bonds is 7. The number of nitrogens with one attached hydrogen (secondary N) is 1. The molecule has 3 aromatic rings. The second kappa shape index (κ2) is 9.32. The molecule has 0 saturated heterocycles. The highest BCUT2D eigenvalue weighted by atomic mass is 35.5. The summed E-state index contributed by atoms with van der Waals surface area (Å²) in [6.45, 7) is 1.88. The van der Waals surface area contributed by atoms with Gasteiger partial charge in [0, 0.05) is 22.8 Å². The number of hydrogen-bond donors (Lipinski definition) is 1. The quantitative estimate of drug-likeness (QED) is 0.528. The normalized spacial score (nSPS) is 11.9. The van der Waals surface area contributed by atoms with Crippen LogP contribution in [-0.2, 0) is 11.8 Å². The first-order valence-corrected chi connectivity index (χ1v) is 10.2. The molecule has 1 heterocycles. The number of aromatic nitrogens is 3. The minimum absolute atomic E-state index is 0.139. The number of benzene rings is 2. The van der Waals surface area contributed by atoms with Gasteiger partial charge in [-0.2, -0.15) is 0 Å². The van der Waals surface area contributed by atoms with Crippen molar-refractivity contribution >= 4 is 46.6 Å². The second-order valence-electron chi connectivity index (χ2n) is 5.96. The summed E-state index contributed by atoms with van der Waals surface area (Å²) in [6.07, 6.45) is -0.326. The third kappa shape index (κ3) is 5.41. The Morgan fingerprint density at radius 3 is 2.64 bits per heavy atom. The Bertz CT molecular complexity index is 963. The van der Waals surface area contributed by atoms with E-state index in [-0.39, 0.29) is 17.8 Å². The molecule has 28 heavy (non-hydrogen) atoms. The Hall–Kier alpha value is -2.22. The maximum Gasteiger partial charge on any atom is 0.234 e. The predicted molar refractivity (Wildman–Crippen MR) is 112 cm³/mol. The molecule has 1 N–H and O–H groups in total. The van der Waals surface area contributed by atoms with Crippen molar-refractivity contribution in [2.75, 3.05) is 11.1 Å². The van der Waals surface area contributed by atoms with Gasteiger partial charge in [-0.05, 0) is 49.4 Å². The van der Waals surface area contributed by atoms with Crippen LogP contribution in [0.25, 0.3) is 0 Å². The molecule has 0 fully saturated rings. The van der Waals surface area contributed by atoms with Gasteiger partial charge in [-0.25, -0.2) is 0 Å². The number of nitrogens with zero attached hydrogens (tertiary/aromatic N) is 3. The fraction of sp³-hybridized carbons (Fsp3) is 0.211. The van der Waals surface area contributed by atoms with Crippen LogP contribution in [0.2, 0.25) is 10.0 Å². The average molecular weight is 437 g/mol. The first-order chi connectivity index (χ1) is 13.4. The summed E-state index contributed by atoms with van der Waals surface area (Å²) >= 11 is 13.1. The van der Waals surface area contributed by atoms with Crippen LogP contribution in [0.1, 0.15) is 18.9 Å². The van der Waals surface area contributed by atoms with Gasteiger partial charge >= 0.3 is 0 Å². The van der Waals surface area contributed by atoms with Crippen molar-refractivity contribution in [1.29, 1.82) is 0 Å². The summed E-state index contributed by atoms with van der Waals surface area (Å²) in [4.78, 5) is 12.1. The average Bonchev–Trinajstić information content (AvgIpc) is 3.02. The summed E-state index contributed by atoms with van der Waals surface area (Å²) in [5.41, 5.74) is 0.692. The van der Waals surface area contributed by atoms with E-state index in [4.69, 9.17) is 27.9 Å². The highest BCUT2D eigenvalue weighted by molar-refractivity contribution is 7.99. The van der Waals surface area contributed by atoms with Crippen LogP contribution in [0, 0.1) is 0 Å². The zero-order chi connectivity index (χ0) is 20.1. The lowest BCUT2D eigenvalue weighted by molar-refractivity contribution is -0.113. The van der Waals surface area contributed by atoms with E-state index in [0.29, 0.717) is 32.5 Å².